The molecule has 1 saturated carbocycles. The van der Waals surface area contributed by atoms with Crippen LogP contribution in [0.3, 0.4) is 0 Å². The zero-order valence-corrected chi connectivity index (χ0v) is 12.7. The van der Waals surface area contributed by atoms with Crippen molar-refractivity contribution in [3.05, 3.63) is 11.7 Å². The van der Waals surface area contributed by atoms with Gasteiger partial charge in [-0.2, -0.15) is 4.98 Å². The minimum Gasteiger partial charge on any atom is -0.369 e. The largest absolute Gasteiger partial charge is 0.369 e. The van der Waals surface area contributed by atoms with E-state index in [0.29, 0.717) is 11.8 Å². The van der Waals surface area contributed by atoms with Crippen LogP contribution >= 0.6 is 0 Å². The fourth-order valence-corrected chi connectivity index (χ4v) is 3.21. The van der Waals surface area contributed by atoms with Crippen LogP contribution < -0.4 is 5.73 Å². The maximum Gasteiger partial charge on any atom is 0.242 e. The van der Waals surface area contributed by atoms with Gasteiger partial charge in [0, 0.05) is 6.42 Å². The Labute approximate surface area is 125 Å². The standard InChI is InChI=1S/C15H24N4O2/c1-2-7-19-8-3-11(4-9-19)10-12-17-14(21-18-12)15(5-6-15)13(16)20/h11H,2-10H2,1H3,(H2,16,20). The van der Waals surface area contributed by atoms with Crippen LogP contribution in [0.4, 0.5) is 0 Å². The molecule has 1 aliphatic heterocycles. The minimum absolute atomic E-state index is 0.342. The monoisotopic (exact) mass is 292 g/mol. The molecule has 116 valence electrons. The molecular weight excluding hydrogens is 268 g/mol. The number of hydrogen-bond donors (Lipinski definition) is 1. The first-order valence-electron chi connectivity index (χ1n) is 7.99. The Morgan fingerprint density at radius 1 is 1.43 bits per heavy atom. The summed E-state index contributed by atoms with van der Waals surface area (Å²) in [6.07, 6.45) is 5.90. The lowest BCUT2D eigenvalue weighted by Gasteiger charge is -2.31. The molecule has 0 radical (unpaired) electrons. The molecule has 2 fully saturated rings. The molecule has 1 aliphatic carbocycles. The lowest BCUT2D eigenvalue weighted by molar-refractivity contribution is -0.121. The second-order valence-electron chi connectivity index (χ2n) is 6.45. The maximum atomic E-state index is 11.5. The lowest BCUT2D eigenvalue weighted by Crippen LogP contribution is -2.34. The zero-order valence-electron chi connectivity index (χ0n) is 12.7. The molecule has 1 amide bonds. The van der Waals surface area contributed by atoms with Gasteiger partial charge in [0.25, 0.3) is 0 Å². The number of nitrogens with zero attached hydrogens (tertiary/aromatic N) is 3. The van der Waals surface area contributed by atoms with Crippen molar-refractivity contribution in [3.63, 3.8) is 0 Å². The highest BCUT2D eigenvalue weighted by molar-refractivity contribution is 5.88. The summed E-state index contributed by atoms with van der Waals surface area (Å²) in [7, 11) is 0. The van der Waals surface area contributed by atoms with Crippen LogP contribution in [0.15, 0.2) is 4.52 Å². The van der Waals surface area contributed by atoms with Gasteiger partial charge in [-0.3, -0.25) is 4.79 Å². The van der Waals surface area contributed by atoms with Gasteiger partial charge >= 0.3 is 0 Å². The van der Waals surface area contributed by atoms with Crippen LogP contribution in [0.1, 0.15) is 50.7 Å². The second kappa shape index (κ2) is 5.75. The third-order valence-electron chi connectivity index (χ3n) is 4.82. The quantitative estimate of drug-likeness (QED) is 0.853. The Kier molecular flexibility index (Phi) is 3.97. The third-order valence-corrected chi connectivity index (χ3v) is 4.82. The van der Waals surface area contributed by atoms with Crippen LogP contribution in [0.5, 0.6) is 0 Å². The molecule has 2 heterocycles. The van der Waals surface area contributed by atoms with Gasteiger partial charge < -0.3 is 15.2 Å². The van der Waals surface area contributed by atoms with Crippen molar-refractivity contribution >= 4 is 5.91 Å². The predicted octanol–water partition coefficient (Wildman–Crippen LogP) is 1.25. The molecule has 0 aromatic carbocycles. The van der Waals surface area contributed by atoms with E-state index < -0.39 is 5.41 Å². The summed E-state index contributed by atoms with van der Waals surface area (Å²) in [5, 5.41) is 4.05. The molecule has 1 aromatic heterocycles. The highest BCUT2D eigenvalue weighted by atomic mass is 16.5. The van der Waals surface area contributed by atoms with Crippen LogP contribution in [0, 0.1) is 5.92 Å². The Morgan fingerprint density at radius 3 is 2.71 bits per heavy atom. The second-order valence-corrected chi connectivity index (χ2v) is 6.45. The molecule has 2 aliphatic rings. The number of hydrogen-bond acceptors (Lipinski definition) is 5. The molecule has 0 bridgehead atoms. The molecule has 0 unspecified atom stereocenters. The number of carbonyl (C=O) groups excluding carboxylic acids is 1. The van der Waals surface area contributed by atoms with Crippen LogP contribution in [-0.2, 0) is 16.6 Å². The van der Waals surface area contributed by atoms with Gasteiger partial charge in [-0.1, -0.05) is 12.1 Å². The van der Waals surface area contributed by atoms with Crippen LogP contribution in [-0.4, -0.2) is 40.6 Å². The highest BCUT2D eigenvalue weighted by Gasteiger charge is 2.55. The molecule has 0 atom stereocenters. The zero-order chi connectivity index (χ0) is 14.9. The van der Waals surface area contributed by atoms with Crippen molar-refractivity contribution in [2.24, 2.45) is 11.7 Å². The molecule has 3 rings (SSSR count). The summed E-state index contributed by atoms with van der Waals surface area (Å²) in [6.45, 7) is 5.74. The van der Waals surface area contributed by atoms with Crippen molar-refractivity contribution in [2.45, 2.75) is 50.9 Å². The molecule has 6 heteroatoms. The number of carbonyl (C=O) groups is 1. The summed E-state index contributed by atoms with van der Waals surface area (Å²) >= 11 is 0. The van der Waals surface area contributed by atoms with E-state index in [-0.39, 0.29) is 5.91 Å². The van der Waals surface area contributed by atoms with Crippen molar-refractivity contribution in [2.75, 3.05) is 19.6 Å². The van der Waals surface area contributed by atoms with Gasteiger partial charge in [0.2, 0.25) is 11.8 Å². The van der Waals surface area contributed by atoms with Gasteiger partial charge in [0.05, 0.1) is 0 Å². The first kappa shape index (κ1) is 14.5. The molecule has 0 spiro atoms. The topological polar surface area (TPSA) is 85.3 Å². The van der Waals surface area contributed by atoms with Gasteiger partial charge in [-0.05, 0) is 57.7 Å². The lowest BCUT2D eigenvalue weighted by atomic mass is 9.93. The fourth-order valence-electron chi connectivity index (χ4n) is 3.21. The van der Waals surface area contributed by atoms with Gasteiger partial charge in [-0.25, -0.2) is 0 Å². The Bertz CT molecular complexity index is 502. The fraction of sp³-hybridized carbons (Fsp3) is 0.800. The molecule has 6 nitrogen and oxygen atoms in total. The van der Waals surface area contributed by atoms with Crippen molar-refractivity contribution in [3.8, 4) is 0 Å². The van der Waals surface area contributed by atoms with Crippen molar-refractivity contribution in [1.29, 1.82) is 0 Å². The van der Waals surface area contributed by atoms with Crippen LogP contribution in [0.2, 0.25) is 0 Å². The first-order chi connectivity index (χ1) is 10.1. The van der Waals surface area contributed by atoms with E-state index in [4.69, 9.17) is 10.3 Å². The molecule has 21 heavy (non-hydrogen) atoms. The molecule has 1 aromatic rings. The van der Waals surface area contributed by atoms with Gasteiger partial charge in [0.1, 0.15) is 5.41 Å². The smallest absolute Gasteiger partial charge is 0.242 e. The number of amides is 1. The average Bonchev–Trinajstić information content (AvgIpc) is 3.16. The Hall–Kier alpha value is -1.43. The van der Waals surface area contributed by atoms with E-state index in [2.05, 4.69) is 22.0 Å². The average molecular weight is 292 g/mol. The van der Waals surface area contributed by atoms with E-state index in [1.54, 1.807) is 0 Å². The van der Waals surface area contributed by atoms with E-state index >= 15 is 0 Å². The van der Waals surface area contributed by atoms with Crippen molar-refractivity contribution < 1.29 is 9.32 Å². The first-order valence-corrected chi connectivity index (χ1v) is 7.99. The number of primary amides is 1. The minimum atomic E-state index is -0.657. The summed E-state index contributed by atoms with van der Waals surface area (Å²) in [6, 6.07) is 0. The predicted molar refractivity (Wildman–Crippen MR) is 77.6 cm³/mol. The van der Waals surface area contributed by atoms with Gasteiger partial charge in [-0.15, -0.1) is 0 Å². The summed E-state index contributed by atoms with van der Waals surface area (Å²) in [5.74, 6) is 1.43. The Balaban J connectivity index is 1.55. The molecular formula is C15H24N4O2. The van der Waals surface area contributed by atoms with E-state index in [1.807, 2.05) is 0 Å². The van der Waals surface area contributed by atoms with E-state index in [9.17, 15) is 4.79 Å². The van der Waals surface area contributed by atoms with E-state index in [1.165, 1.54) is 25.8 Å². The van der Waals surface area contributed by atoms with Crippen LogP contribution in [0.25, 0.3) is 0 Å². The van der Waals surface area contributed by atoms with E-state index in [0.717, 1.165) is 38.2 Å². The normalized spacial score (nSPS) is 22.3. The van der Waals surface area contributed by atoms with Crippen molar-refractivity contribution in [1.82, 2.24) is 15.0 Å². The third kappa shape index (κ3) is 2.95. The SMILES string of the molecule is CCCN1CCC(Cc2noc(C3(C(N)=O)CC3)n2)CC1. The summed E-state index contributed by atoms with van der Waals surface area (Å²) < 4.78 is 5.28. The number of rotatable bonds is 6. The number of likely N-dealkylation sites (tertiary alicyclic amines) is 1. The molecule has 2 N–H and O–H groups in total. The highest BCUT2D eigenvalue weighted by Crippen LogP contribution is 2.47. The summed E-state index contributed by atoms with van der Waals surface area (Å²) in [5.41, 5.74) is 4.77. The number of nitrogens with two attached hydrogens (primary N) is 1. The summed E-state index contributed by atoms with van der Waals surface area (Å²) in [4.78, 5) is 18.4. The van der Waals surface area contributed by atoms with Gasteiger partial charge in [0.15, 0.2) is 5.82 Å². The molecule has 1 saturated heterocycles. The number of aromatic nitrogens is 2. The number of piperidine rings is 1. The maximum absolute atomic E-state index is 11.5. The Morgan fingerprint density at radius 2 is 2.14 bits per heavy atom.